The number of nitrogens with one attached hydrogen (secondary N) is 1. The summed E-state index contributed by atoms with van der Waals surface area (Å²) in [5.74, 6) is 0.693. The van der Waals surface area contributed by atoms with Crippen LogP contribution in [0.25, 0.3) is 0 Å². The molecular formula is C14H19N. The van der Waals surface area contributed by atoms with Gasteiger partial charge in [-0.2, -0.15) is 0 Å². The molecule has 2 aliphatic rings. The maximum Gasteiger partial charge on any atom is 0.0338 e. The van der Waals surface area contributed by atoms with Crippen molar-refractivity contribution in [3.63, 3.8) is 0 Å². The van der Waals surface area contributed by atoms with Crippen molar-refractivity contribution in [2.75, 3.05) is 0 Å². The van der Waals surface area contributed by atoms with Gasteiger partial charge in [-0.05, 0) is 44.3 Å². The maximum atomic E-state index is 3.49. The average molecular weight is 201 g/mol. The van der Waals surface area contributed by atoms with E-state index in [9.17, 15) is 0 Å². The Labute approximate surface area is 92.3 Å². The average Bonchev–Trinajstić information content (AvgIpc) is 2.25. The van der Waals surface area contributed by atoms with Crippen LogP contribution in [0.4, 0.5) is 0 Å². The smallest absolute Gasteiger partial charge is 0.0338 e. The Kier molecular flexibility index (Phi) is 3.10. The lowest BCUT2D eigenvalue weighted by Crippen LogP contribution is -2.14. The van der Waals surface area contributed by atoms with Crippen LogP contribution in [0.2, 0.25) is 0 Å². The standard InChI is InChI=1S/C14H19N/c1-11-3-7-13(8-4-11)15-14-9-5-12(2)6-10-14/h3,5,7-9,11,15H,4,6,10H2,1-2H3. The van der Waals surface area contributed by atoms with Crippen LogP contribution in [0.1, 0.15) is 33.1 Å². The number of rotatable bonds is 2. The first-order chi connectivity index (χ1) is 7.24. The minimum Gasteiger partial charge on any atom is -0.359 e. The van der Waals surface area contributed by atoms with Crippen LogP contribution in [0.15, 0.2) is 47.3 Å². The Morgan fingerprint density at radius 1 is 1.27 bits per heavy atom. The van der Waals surface area contributed by atoms with Gasteiger partial charge >= 0.3 is 0 Å². The molecule has 80 valence electrons. The molecule has 0 fully saturated rings. The SMILES string of the molecule is CC1=CC=C(NC2=CCC(C)C=C2)CC1. The quantitative estimate of drug-likeness (QED) is 0.718. The highest BCUT2D eigenvalue weighted by Gasteiger charge is 2.06. The topological polar surface area (TPSA) is 12.0 Å². The number of allylic oxidation sites excluding steroid dienone is 7. The van der Waals surface area contributed by atoms with Crippen LogP contribution >= 0.6 is 0 Å². The van der Waals surface area contributed by atoms with E-state index in [0.29, 0.717) is 5.92 Å². The Morgan fingerprint density at radius 3 is 2.73 bits per heavy atom. The van der Waals surface area contributed by atoms with Crippen molar-refractivity contribution in [3.8, 4) is 0 Å². The summed E-state index contributed by atoms with van der Waals surface area (Å²) in [5, 5.41) is 3.49. The van der Waals surface area contributed by atoms with E-state index in [2.05, 4.69) is 49.5 Å². The molecule has 0 aliphatic heterocycles. The van der Waals surface area contributed by atoms with Gasteiger partial charge in [0.2, 0.25) is 0 Å². The fraction of sp³-hybridized carbons (Fsp3) is 0.429. The van der Waals surface area contributed by atoms with Gasteiger partial charge in [0.05, 0.1) is 0 Å². The first kappa shape index (κ1) is 10.3. The molecule has 0 spiro atoms. The highest BCUT2D eigenvalue weighted by Crippen LogP contribution is 2.19. The van der Waals surface area contributed by atoms with E-state index < -0.39 is 0 Å². The van der Waals surface area contributed by atoms with Crippen molar-refractivity contribution in [1.29, 1.82) is 0 Å². The molecule has 0 amide bonds. The van der Waals surface area contributed by atoms with E-state index in [1.807, 2.05) is 0 Å². The molecule has 0 aromatic heterocycles. The first-order valence-corrected chi connectivity index (χ1v) is 5.76. The van der Waals surface area contributed by atoms with Crippen LogP contribution in [-0.4, -0.2) is 0 Å². The number of hydrogen-bond donors (Lipinski definition) is 1. The fourth-order valence-corrected chi connectivity index (χ4v) is 1.85. The van der Waals surface area contributed by atoms with Gasteiger partial charge in [0.1, 0.15) is 0 Å². The molecule has 1 heteroatoms. The Morgan fingerprint density at radius 2 is 2.13 bits per heavy atom. The lowest BCUT2D eigenvalue weighted by atomic mass is 10.0. The third-order valence-electron chi connectivity index (χ3n) is 2.98. The van der Waals surface area contributed by atoms with Gasteiger partial charge in [-0.1, -0.05) is 30.7 Å². The van der Waals surface area contributed by atoms with Gasteiger partial charge in [0.25, 0.3) is 0 Å². The zero-order chi connectivity index (χ0) is 10.7. The normalized spacial score (nSPS) is 25.5. The maximum absolute atomic E-state index is 3.49. The van der Waals surface area contributed by atoms with Crippen LogP contribution in [0, 0.1) is 5.92 Å². The molecule has 0 bridgehead atoms. The number of hydrogen-bond acceptors (Lipinski definition) is 1. The van der Waals surface area contributed by atoms with E-state index in [4.69, 9.17) is 0 Å². The highest BCUT2D eigenvalue weighted by molar-refractivity contribution is 5.29. The Hall–Kier alpha value is -1.24. The molecule has 0 aromatic carbocycles. The minimum atomic E-state index is 0.693. The van der Waals surface area contributed by atoms with Crippen LogP contribution < -0.4 is 5.32 Å². The molecule has 2 aliphatic carbocycles. The van der Waals surface area contributed by atoms with E-state index >= 15 is 0 Å². The van der Waals surface area contributed by atoms with Gasteiger partial charge < -0.3 is 5.32 Å². The molecule has 15 heavy (non-hydrogen) atoms. The predicted octanol–water partition coefficient (Wildman–Crippen LogP) is 3.68. The molecule has 1 N–H and O–H groups in total. The lowest BCUT2D eigenvalue weighted by Gasteiger charge is -2.18. The van der Waals surface area contributed by atoms with Crippen molar-refractivity contribution in [2.24, 2.45) is 5.92 Å². The molecule has 0 saturated carbocycles. The van der Waals surface area contributed by atoms with Crippen molar-refractivity contribution in [1.82, 2.24) is 5.32 Å². The van der Waals surface area contributed by atoms with Crippen LogP contribution in [0.5, 0.6) is 0 Å². The molecule has 2 rings (SSSR count). The zero-order valence-corrected chi connectivity index (χ0v) is 9.59. The molecular weight excluding hydrogens is 182 g/mol. The molecule has 1 atom stereocenters. The monoisotopic (exact) mass is 201 g/mol. The van der Waals surface area contributed by atoms with Crippen molar-refractivity contribution in [2.45, 2.75) is 33.1 Å². The summed E-state index contributed by atoms with van der Waals surface area (Å²) in [5.41, 5.74) is 4.07. The Bertz CT molecular complexity index is 356. The lowest BCUT2D eigenvalue weighted by molar-refractivity contribution is 0.716. The second kappa shape index (κ2) is 4.52. The van der Waals surface area contributed by atoms with E-state index in [1.54, 1.807) is 0 Å². The second-order valence-corrected chi connectivity index (χ2v) is 4.56. The van der Waals surface area contributed by atoms with Crippen LogP contribution in [-0.2, 0) is 0 Å². The summed E-state index contributed by atoms with van der Waals surface area (Å²) in [4.78, 5) is 0. The fourth-order valence-electron chi connectivity index (χ4n) is 1.85. The van der Waals surface area contributed by atoms with Crippen molar-refractivity contribution < 1.29 is 0 Å². The van der Waals surface area contributed by atoms with Gasteiger partial charge in [0.15, 0.2) is 0 Å². The van der Waals surface area contributed by atoms with E-state index in [1.165, 1.54) is 23.4 Å². The van der Waals surface area contributed by atoms with Gasteiger partial charge in [0, 0.05) is 11.4 Å². The minimum absolute atomic E-state index is 0.693. The van der Waals surface area contributed by atoms with E-state index in [-0.39, 0.29) is 0 Å². The summed E-state index contributed by atoms with van der Waals surface area (Å²) in [6.45, 7) is 4.44. The first-order valence-electron chi connectivity index (χ1n) is 5.76. The Balaban J connectivity index is 1.96. The van der Waals surface area contributed by atoms with Gasteiger partial charge in [-0.3, -0.25) is 0 Å². The largest absolute Gasteiger partial charge is 0.359 e. The van der Waals surface area contributed by atoms with Crippen LogP contribution in [0.3, 0.4) is 0 Å². The molecule has 1 unspecified atom stereocenters. The summed E-state index contributed by atoms with van der Waals surface area (Å²) < 4.78 is 0. The van der Waals surface area contributed by atoms with Crippen molar-refractivity contribution >= 4 is 0 Å². The zero-order valence-electron chi connectivity index (χ0n) is 9.59. The van der Waals surface area contributed by atoms with Gasteiger partial charge in [-0.15, -0.1) is 0 Å². The van der Waals surface area contributed by atoms with E-state index in [0.717, 1.165) is 12.8 Å². The summed E-state index contributed by atoms with van der Waals surface area (Å²) in [6, 6.07) is 0. The molecule has 0 radical (unpaired) electrons. The third-order valence-corrected chi connectivity index (χ3v) is 2.98. The molecule has 0 aromatic rings. The summed E-state index contributed by atoms with van der Waals surface area (Å²) >= 11 is 0. The predicted molar refractivity (Wildman–Crippen MR) is 65.2 cm³/mol. The molecule has 0 saturated heterocycles. The summed E-state index contributed by atoms with van der Waals surface area (Å²) in [6.07, 6.45) is 14.6. The summed E-state index contributed by atoms with van der Waals surface area (Å²) in [7, 11) is 0. The highest BCUT2D eigenvalue weighted by atomic mass is 14.9. The molecule has 1 nitrogen and oxygen atoms in total. The third kappa shape index (κ3) is 2.85. The van der Waals surface area contributed by atoms with Gasteiger partial charge in [-0.25, -0.2) is 0 Å². The molecule has 0 heterocycles. The second-order valence-electron chi connectivity index (χ2n) is 4.56. The van der Waals surface area contributed by atoms with Crippen molar-refractivity contribution in [3.05, 3.63) is 47.3 Å².